The molecule has 6 heteroatoms. The van der Waals surface area contributed by atoms with Gasteiger partial charge in [-0.15, -0.1) is 11.1 Å². The third-order valence-corrected chi connectivity index (χ3v) is 10.1. The maximum atomic E-state index is 3.49. The van der Waals surface area contributed by atoms with Crippen molar-refractivity contribution in [3.8, 4) is 22.9 Å². The molecule has 2 rings (SSSR count). The molecule has 24 heavy (non-hydrogen) atoms. The first-order valence-corrected chi connectivity index (χ1v) is 18.1. The number of hydrogen-bond acceptors (Lipinski definition) is 4. The molecule has 0 nitrogen and oxygen atoms in total. The van der Waals surface area contributed by atoms with Crippen LogP contribution in [0.15, 0.2) is 28.1 Å². The van der Waals surface area contributed by atoms with Gasteiger partial charge in [0.1, 0.15) is 16.1 Å². The molecule has 0 aliphatic carbocycles. The molecule has 0 aromatic heterocycles. The van der Waals surface area contributed by atoms with Crippen molar-refractivity contribution in [2.75, 3.05) is 0 Å². The van der Waals surface area contributed by atoms with Crippen molar-refractivity contribution in [3.05, 3.63) is 28.1 Å². The number of hydrogen-bond donors (Lipinski definition) is 0. The molecule has 0 radical (unpaired) electrons. The standard InChI is InChI=1S/C18H24S4Si2/c1-13-15(9-11-23(3,4)5)21-17(19-13)18-20-14(2)16(22-18)10-12-24(6,7)8/h1-8H3/b18-17+. The number of rotatable bonds is 0. The summed E-state index contributed by atoms with van der Waals surface area (Å²) in [6, 6.07) is 0. The van der Waals surface area contributed by atoms with Crippen LogP contribution in [0.2, 0.25) is 39.3 Å². The second kappa shape index (κ2) is 7.82. The zero-order valence-corrected chi connectivity index (χ0v) is 20.9. The van der Waals surface area contributed by atoms with E-state index in [4.69, 9.17) is 0 Å². The average molecular weight is 425 g/mol. The molecule has 2 heterocycles. The van der Waals surface area contributed by atoms with Crippen molar-refractivity contribution in [2.45, 2.75) is 53.1 Å². The maximum Gasteiger partial charge on any atom is 0.129 e. The van der Waals surface area contributed by atoms with E-state index in [9.17, 15) is 0 Å². The van der Waals surface area contributed by atoms with Crippen LogP contribution in [0.1, 0.15) is 13.8 Å². The van der Waals surface area contributed by atoms with Crippen LogP contribution in [0, 0.1) is 22.9 Å². The molecule has 0 aromatic rings. The Kier molecular flexibility index (Phi) is 6.67. The van der Waals surface area contributed by atoms with Crippen molar-refractivity contribution in [1.29, 1.82) is 0 Å². The largest absolute Gasteiger partial charge is 0.129 e. The molecular weight excluding hydrogens is 401 g/mol. The maximum absolute atomic E-state index is 3.49. The van der Waals surface area contributed by atoms with E-state index in [-0.39, 0.29) is 0 Å². The Labute approximate surface area is 166 Å². The lowest BCUT2D eigenvalue weighted by Gasteiger charge is -2.04. The molecule has 0 saturated carbocycles. The van der Waals surface area contributed by atoms with Gasteiger partial charge in [0, 0.05) is 9.81 Å². The first-order valence-electron chi connectivity index (χ1n) is 7.88. The molecule has 0 fully saturated rings. The second-order valence-electron chi connectivity index (χ2n) is 7.75. The van der Waals surface area contributed by atoms with E-state index in [0.29, 0.717) is 0 Å². The summed E-state index contributed by atoms with van der Waals surface area (Å²) in [6.07, 6.45) is 0. The Balaban J connectivity index is 2.15. The summed E-state index contributed by atoms with van der Waals surface area (Å²) < 4.78 is 2.76. The molecule has 0 aromatic carbocycles. The summed E-state index contributed by atoms with van der Waals surface area (Å²) in [5, 5.41) is 0. The number of allylic oxidation sites excluding steroid dienone is 4. The molecule has 0 unspecified atom stereocenters. The average Bonchev–Trinajstić information content (AvgIpc) is 2.96. The number of thioether (sulfide) groups is 4. The molecule has 0 spiro atoms. The third kappa shape index (κ3) is 6.16. The summed E-state index contributed by atoms with van der Waals surface area (Å²) in [4.78, 5) is 5.17. The molecule has 2 aliphatic rings. The molecule has 0 amide bonds. The highest BCUT2D eigenvalue weighted by atomic mass is 32.2. The van der Waals surface area contributed by atoms with Gasteiger partial charge in [-0.2, -0.15) is 0 Å². The monoisotopic (exact) mass is 424 g/mol. The summed E-state index contributed by atoms with van der Waals surface area (Å²) in [5.74, 6) is 6.87. The van der Waals surface area contributed by atoms with E-state index in [1.165, 1.54) is 28.1 Å². The second-order valence-corrected chi connectivity index (χ2v) is 22.3. The summed E-state index contributed by atoms with van der Waals surface area (Å²) in [6.45, 7) is 18.1. The molecule has 0 bridgehead atoms. The lowest BCUT2D eigenvalue weighted by Crippen LogP contribution is -2.16. The minimum absolute atomic E-state index is 1.24. The van der Waals surface area contributed by atoms with Crippen molar-refractivity contribution < 1.29 is 0 Å². The van der Waals surface area contributed by atoms with E-state index < -0.39 is 16.1 Å². The Hall–Kier alpha value is 0.174. The van der Waals surface area contributed by atoms with E-state index in [2.05, 4.69) is 76.1 Å². The highest BCUT2D eigenvalue weighted by Crippen LogP contribution is 2.59. The zero-order chi connectivity index (χ0) is 18.1. The molecule has 0 saturated heterocycles. The van der Waals surface area contributed by atoms with Crippen molar-refractivity contribution >= 4 is 63.2 Å². The Morgan fingerprint density at radius 3 is 1.21 bits per heavy atom. The van der Waals surface area contributed by atoms with Gasteiger partial charge < -0.3 is 0 Å². The molecule has 2 aliphatic heterocycles. The van der Waals surface area contributed by atoms with Gasteiger partial charge in [0.05, 0.1) is 18.3 Å². The van der Waals surface area contributed by atoms with Gasteiger partial charge in [-0.1, -0.05) is 98.2 Å². The molecule has 0 N–H and O–H groups in total. The van der Waals surface area contributed by atoms with Crippen LogP contribution in [-0.2, 0) is 0 Å². The van der Waals surface area contributed by atoms with E-state index in [0.717, 1.165) is 0 Å². The van der Waals surface area contributed by atoms with Crippen LogP contribution in [0.5, 0.6) is 0 Å². The Morgan fingerprint density at radius 1 is 0.583 bits per heavy atom. The predicted molar refractivity (Wildman–Crippen MR) is 125 cm³/mol. The van der Waals surface area contributed by atoms with Crippen LogP contribution in [0.3, 0.4) is 0 Å². The van der Waals surface area contributed by atoms with E-state index in [1.54, 1.807) is 0 Å². The Morgan fingerprint density at radius 2 is 0.917 bits per heavy atom. The fourth-order valence-corrected chi connectivity index (χ4v) is 7.93. The van der Waals surface area contributed by atoms with Gasteiger partial charge in [-0.05, 0) is 13.8 Å². The normalized spacial score (nSPS) is 21.7. The van der Waals surface area contributed by atoms with Crippen LogP contribution in [0.25, 0.3) is 0 Å². The quantitative estimate of drug-likeness (QED) is 0.295. The van der Waals surface area contributed by atoms with Gasteiger partial charge in [-0.3, -0.25) is 0 Å². The van der Waals surface area contributed by atoms with Gasteiger partial charge >= 0.3 is 0 Å². The smallest absolute Gasteiger partial charge is 0.126 e. The van der Waals surface area contributed by atoms with Crippen LogP contribution >= 0.6 is 47.0 Å². The van der Waals surface area contributed by atoms with Crippen molar-refractivity contribution in [2.24, 2.45) is 0 Å². The van der Waals surface area contributed by atoms with Crippen LogP contribution in [0.4, 0.5) is 0 Å². The summed E-state index contributed by atoms with van der Waals surface area (Å²) >= 11 is 7.45. The third-order valence-electron chi connectivity index (χ3n) is 2.79. The minimum Gasteiger partial charge on any atom is -0.126 e. The molecular formula is C18H24S4Si2. The van der Waals surface area contributed by atoms with Crippen molar-refractivity contribution in [3.63, 3.8) is 0 Å². The highest BCUT2D eigenvalue weighted by molar-refractivity contribution is 8.34. The Bertz CT molecular complexity index is 700. The van der Waals surface area contributed by atoms with Gasteiger partial charge in [-0.25, -0.2) is 0 Å². The zero-order valence-electron chi connectivity index (χ0n) is 15.6. The molecule has 0 atom stereocenters. The fraction of sp³-hybridized carbons (Fsp3) is 0.444. The van der Waals surface area contributed by atoms with Crippen LogP contribution in [-0.4, -0.2) is 16.1 Å². The van der Waals surface area contributed by atoms with Crippen LogP contribution < -0.4 is 0 Å². The summed E-state index contributed by atoms with van der Waals surface area (Å²) in [7, 11) is -2.65. The SMILES string of the molecule is CC1=C(C#C[Si](C)(C)C)S/C(=C2\SC(C)=C(C#C[Si](C)(C)C)S2)S1. The highest BCUT2D eigenvalue weighted by Gasteiger charge is 2.26. The van der Waals surface area contributed by atoms with Gasteiger partial charge in [0.15, 0.2) is 0 Å². The first kappa shape index (κ1) is 20.5. The lowest BCUT2D eigenvalue weighted by atomic mass is 10.5. The fourth-order valence-electron chi connectivity index (χ4n) is 1.62. The predicted octanol–water partition coefficient (Wildman–Crippen LogP) is 7.30. The molecule has 128 valence electrons. The van der Waals surface area contributed by atoms with Crippen molar-refractivity contribution in [1.82, 2.24) is 0 Å². The van der Waals surface area contributed by atoms with Gasteiger partial charge in [0.2, 0.25) is 0 Å². The van der Waals surface area contributed by atoms with E-state index >= 15 is 0 Å². The topological polar surface area (TPSA) is 0 Å². The summed E-state index contributed by atoms with van der Waals surface area (Å²) in [5.41, 5.74) is 6.98. The minimum atomic E-state index is -1.33. The van der Waals surface area contributed by atoms with E-state index in [1.807, 2.05) is 47.0 Å². The lowest BCUT2D eigenvalue weighted by molar-refractivity contribution is 1.68. The first-order chi connectivity index (χ1) is 10.9. The van der Waals surface area contributed by atoms with Gasteiger partial charge in [0.25, 0.3) is 0 Å².